The normalized spacial score (nSPS) is 15.3. The van der Waals surface area contributed by atoms with E-state index in [1.54, 1.807) is 17.1 Å². The summed E-state index contributed by atoms with van der Waals surface area (Å²) in [6.45, 7) is 0. The lowest BCUT2D eigenvalue weighted by Gasteiger charge is -2.04. The number of nitrogens with zero attached hydrogens (tertiary/aromatic N) is 4. The van der Waals surface area contributed by atoms with E-state index in [9.17, 15) is 4.79 Å². The molecule has 18 heavy (non-hydrogen) atoms. The molecule has 92 valence electrons. The molecule has 0 saturated carbocycles. The van der Waals surface area contributed by atoms with Gasteiger partial charge in [-0.05, 0) is 19.3 Å². The van der Waals surface area contributed by atoms with Gasteiger partial charge in [0.2, 0.25) is 0 Å². The Morgan fingerprint density at radius 1 is 1.22 bits per heavy atom. The monoisotopic (exact) mass is 242 g/mol. The summed E-state index contributed by atoms with van der Waals surface area (Å²) in [6, 6.07) is 0. The first-order valence-corrected chi connectivity index (χ1v) is 6.12. The molecule has 1 aliphatic carbocycles. The van der Waals surface area contributed by atoms with Gasteiger partial charge in [0.15, 0.2) is 11.6 Å². The molecule has 2 aromatic heterocycles. The van der Waals surface area contributed by atoms with Crippen molar-refractivity contribution in [3.63, 3.8) is 0 Å². The molecule has 0 aliphatic heterocycles. The van der Waals surface area contributed by atoms with E-state index in [-0.39, 0.29) is 5.78 Å². The van der Waals surface area contributed by atoms with Gasteiger partial charge in [0.1, 0.15) is 0 Å². The van der Waals surface area contributed by atoms with Crippen molar-refractivity contribution in [2.45, 2.75) is 25.7 Å². The van der Waals surface area contributed by atoms with E-state index in [1.165, 1.54) is 0 Å². The molecular formula is C13H14N4O. The van der Waals surface area contributed by atoms with Crippen LogP contribution in [0.2, 0.25) is 0 Å². The van der Waals surface area contributed by atoms with Gasteiger partial charge in [-0.1, -0.05) is 0 Å². The van der Waals surface area contributed by atoms with Gasteiger partial charge in [-0.2, -0.15) is 5.10 Å². The minimum atomic E-state index is 0.167. The lowest BCUT2D eigenvalue weighted by Crippen LogP contribution is -2.05. The Hall–Kier alpha value is -2.04. The first-order valence-electron chi connectivity index (χ1n) is 6.12. The van der Waals surface area contributed by atoms with Crippen molar-refractivity contribution in [3.8, 4) is 11.4 Å². The molecule has 5 nitrogen and oxygen atoms in total. The summed E-state index contributed by atoms with van der Waals surface area (Å²) < 4.78 is 1.72. The molecule has 0 spiro atoms. The molecular weight excluding hydrogens is 228 g/mol. The van der Waals surface area contributed by atoms with Gasteiger partial charge in [0.25, 0.3) is 0 Å². The molecule has 2 heterocycles. The van der Waals surface area contributed by atoms with Crippen molar-refractivity contribution in [1.82, 2.24) is 19.7 Å². The van der Waals surface area contributed by atoms with Crippen LogP contribution in [-0.2, 0) is 13.5 Å². The van der Waals surface area contributed by atoms with E-state index in [1.807, 2.05) is 13.2 Å². The van der Waals surface area contributed by atoms with E-state index >= 15 is 0 Å². The summed E-state index contributed by atoms with van der Waals surface area (Å²) >= 11 is 0. The van der Waals surface area contributed by atoms with Gasteiger partial charge < -0.3 is 0 Å². The topological polar surface area (TPSA) is 60.7 Å². The molecule has 1 aliphatic rings. The van der Waals surface area contributed by atoms with E-state index in [2.05, 4.69) is 15.1 Å². The number of ketones is 1. The molecule has 2 aromatic rings. The van der Waals surface area contributed by atoms with Crippen LogP contribution in [0.3, 0.4) is 0 Å². The van der Waals surface area contributed by atoms with Gasteiger partial charge in [0, 0.05) is 25.9 Å². The largest absolute Gasteiger partial charge is 0.294 e. The predicted octanol–water partition coefficient (Wildman–Crippen LogP) is 1.79. The smallest absolute Gasteiger partial charge is 0.166 e. The molecule has 0 saturated heterocycles. The quantitative estimate of drug-likeness (QED) is 0.715. The van der Waals surface area contributed by atoms with Crippen molar-refractivity contribution in [1.29, 1.82) is 0 Å². The van der Waals surface area contributed by atoms with Crippen molar-refractivity contribution >= 4 is 5.78 Å². The lowest BCUT2D eigenvalue weighted by molar-refractivity contribution is 0.0981. The summed E-state index contributed by atoms with van der Waals surface area (Å²) in [5.41, 5.74) is 2.46. The molecule has 0 aromatic carbocycles. The molecule has 0 bridgehead atoms. The van der Waals surface area contributed by atoms with Crippen LogP contribution in [0.4, 0.5) is 0 Å². The fourth-order valence-corrected chi connectivity index (χ4v) is 2.23. The average Bonchev–Trinajstić information content (AvgIpc) is 2.72. The maximum Gasteiger partial charge on any atom is 0.166 e. The Morgan fingerprint density at radius 3 is 2.83 bits per heavy atom. The number of hydrogen-bond donors (Lipinski definition) is 0. The van der Waals surface area contributed by atoms with Crippen LogP contribution in [0, 0.1) is 0 Å². The van der Waals surface area contributed by atoms with Crippen LogP contribution in [0.15, 0.2) is 18.6 Å². The van der Waals surface area contributed by atoms with Crippen LogP contribution in [0.25, 0.3) is 11.4 Å². The molecule has 0 N–H and O–H groups in total. The Kier molecular flexibility index (Phi) is 2.66. The third-order valence-corrected chi connectivity index (χ3v) is 3.20. The van der Waals surface area contributed by atoms with Crippen LogP contribution in [0.1, 0.15) is 35.3 Å². The second-order valence-corrected chi connectivity index (χ2v) is 4.59. The number of Topliss-reactive ketones (excluding diaryl/α,β-unsaturated/α-hetero) is 1. The zero-order chi connectivity index (χ0) is 12.5. The SMILES string of the molecule is Cn1cc(-c2ncc3c(n2)CCCCC3=O)cn1. The number of rotatable bonds is 1. The Labute approximate surface area is 105 Å². The molecule has 3 rings (SSSR count). The standard InChI is InChI=1S/C13H14N4O/c1-17-8-9(6-15-17)13-14-7-10-11(16-13)4-2-3-5-12(10)18/h6-8H,2-5H2,1H3. The molecule has 0 radical (unpaired) electrons. The number of aryl methyl sites for hydroxylation is 2. The van der Waals surface area contributed by atoms with E-state index < -0.39 is 0 Å². The average molecular weight is 242 g/mol. The minimum absolute atomic E-state index is 0.167. The van der Waals surface area contributed by atoms with Crippen LogP contribution in [0.5, 0.6) is 0 Å². The van der Waals surface area contributed by atoms with Crippen LogP contribution >= 0.6 is 0 Å². The van der Waals surface area contributed by atoms with Crippen molar-refractivity contribution in [2.24, 2.45) is 7.05 Å². The highest BCUT2D eigenvalue weighted by molar-refractivity contribution is 5.97. The fourth-order valence-electron chi connectivity index (χ4n) is 2.23. The molecule has 5 heteroatoms. The second kappa shape index (κ2) is 4.33. The minimum Gasteiger partial charge on any atom is -0.294 e. The first-order chi connectivity index (χ1) is 8.74. The number of carbonyl (C=O) groups is 1. The highest BCUT2D eigenvalue weighted by Gasteiger charge is 2.18. The predicted molar refractivity (Wildman–Crippen MR) is 66.1 cm³/mol. The van der Waals surface area contributed by atoms with E-state index in [4.69, 9.17) is 0 Å². The zero-order valence-electron chi connectivity index (χ0n) is 10.3. The number of hydrogen-bond acceptors (Lipinski definition) is 4. The second-order valence-electron chi connectivity index (χ2n) is 4.59. The number of aromatic nitrogens is 4. The van der Waals surface area contributed by atoms with E-state index in [0.29, 0.717) is 17.8 Å². The van der Waals surface area contributed by atoms with E-state index in [0.717, 1.165) is 30.5 Å². The Bertz CT molecular complexity index is 603. The van der Waals surface area contributed by atoms with Crippen LogP contribution < -0.4 is 0 Å². The third kappa shape index (κ3) is 1.92. The maximum absolute atomic E-state index is 11.9. The molecule has 0 unspecified atom stereocenters. The van der Waals surface area contributed by atoms with Gasteiger partial charge >= 0.3 is 0 Å². The summed E-state index contributed by atoms with van der Waals surface area (Å²) in [7, 11) is 1.86. The Morgan fingerprint density at radius 2 is 2.06 bits per heavy atom. The lowest BCUT2D eigenvalue weighted by atomic mass is 10.1. The molecule has 0 amide bonds. The summed E-state index contributed by atoms with van der Waals surface area (Å²) in [4.78, 5) is 20.7. The maximum atomic E-state index is 11.9. The zero-order valence-corrected chi connectivity index (χ0v) is 10.3. The van der Waals surface area contributed by atoms with Gasteiger partial charge in [-0.25, -0.2) is 9.97 Å². The van der Waals surface area contributed by atoms with Crippen molar-refractivity contribution < 1.29 is 4.79 Å². The number of fused-ring (bicyclic) bond motifs is 1. The van der Waals surface area contributed by atoms with Crippen molar-refractivity contribution in [3.05, 3.63) is 29.8 Å². The van der Waals surface area contributed by atoms with Gasteiger partial charge in [0.05, 0.1) is 23.0 Å². The number of carbonyl (C=O) groups excluding carboxylic acids is 1. The fraction of sp³-hybridized carbons (Fsp3) is 0.385. The highest BCUT2D eigenvalue weighted by atomic mass is 16.1. The third-order valence-electron chi connectivity index (χ3n) is 3.20. The Balaban J connectivity index is 2.05. The molecule has 0 atom stereocenters. The first kappa shape index (κ1) is 11.1. The summed E-state index contributed by atoms with van der Waals surface area (Å²) in [6.07, 6.45) is 8.71. The summed E-state index contributed by atoms with van der Waals surface area (Å²) in [5, 5.41) is 4.11. The summed E-state index contributed by atoms with van der Waals surface area (Å²) in [5.74, 6) is 0.816. The molecule has 0 fully saturated rings. The van der Waals surface area contributed by atoms with Gasteiger partial charge in [-0.15, -0.1) is 0 Å². The van der Waals surface area contributed by atoms with Crippen LogP contribution in [-0.4, -0.2) is 25.5 Å². The highest BCUT2D eigenvalue weighted by Crippen LogP contribution is 2.21. The van der Waals surface area contributed by atoms with Crippen molar-refractivity contribution in [2.75, 3.05) is 0 Å². The van der Waals surface area contributed by atoms with Gasteiger partial charge in [-0.3, -0.25) is 9.48 Å².